The first-order valence-electron chi connectivity index (χ1n) is 7.39. The summed E-state index contributed by atoms with van der Waals surface area (Å²) < 4.78 is 1.67. The SMILES string of the molecule is Cc1cc(C)n([C@@H](C)C(=O)N(C)CC(=O)c2ccc(O)cc2)n1. The lowest BCUT2D eigenvalue weighted by Crippen LogP contribution is -2.37. The van der Waals surface area contributed by atoms with Crippen LogP contribution in [0.2, 0.25) is 0 Å². The minimum atomic E-state index is -0.471. The van der Waals surface area contributed by atoms with E-state index in [2.05, 4.69) is 5.10 Å². The van der Waals surface area contributed by atoms with Crippen LogP contribution in [-0.2, 0) is 4.79 Å². The minimum absolute atomic E-state index is 0.0206. The van der Waals surface area contributed by atoms with Crippen molar-refractivity contribution in [2.75, 3.05) is 13.6 Å². The molecule has 1 amide bonds. The number of benzene rings is 1. The molecule has 0 aliphatic rings. The zero-order valence-corrected chi connectivity index (χ0v) is 13.8. The fraction of sp³-hybridized carbons (Fsp3) is 0.353. The first kappa shape index (κ1) is 16.7. The van der Waals surface area contributed by atoms with Gasteiger partial charge in [0.1, 0.15) is 11.8 Å². The van der Waals surface area contributed by atoms with Gasteiger partial charge in [0.2, 0.25) is 5.91 Å². The van der Waals surface area contributed by atoms with Gasteiger partial charge in [0.05, 0.1) is 12.2 Å². The Kier molecular flexibility index (Phi) is 4.83. The summed E-state index contributed by atoms with van der Waals surface area (Å²) in [4.78, 5) is 26.1. The third-order valence-electron chi connectivity index (χ3n) is 3.72. The van der Waals surface area contributed by atoms with E-state index in [1.54, 1.807) is 30.8 Å². The summed E-state index contributed by atoms with van der Waals surface area (Å²) in [5, 5.41) is 13.6. The molecule has 1 aromatic heterocycles. The van der Waals surface area contributed by atoms with Crippen molar-refractivity contribution < 1.29 is 14.7 Å². The summed E-state index contributed by atoms with van der Waals surface area (Å²) in [6.07, 6.45) is 0. The van der Waals surface area contributed by atoms with Gasteiger partial charge in [-0.25, -0.2) is 0 Å². The molecule has 0 fully saturated rings. The second kappa shape index (κ2) is 6.64. The first-order chi connectivity index (χ1) is 10.8. The zero-order valence-electron chi connectivity index (χ0n) is 13.8. The summed E-state index contributed by atoms with van der Waals surface area (Å²) >= 11 is 0. The van der Waals surface area contributed by atoms with Crippen molar-refractivity contribution in [3.63, 3.8) is 0 Å². The Balaban J connectivity index is 2.06. The van der Waals surface area contributed by atoms with Crippen molar-refractivity contribution >= 4 is 11.7 Å². The molecule has 0 aliphatic heterocycles. The number of ketones is 1. The van der Waals surface area contributed by atoms with E-state index < -0.39 is 6.04 Å². The summed E-state index contributed by atoms with van der Waals surface area (Å²) in [5.74, 6) is -0.256. The molecule has 0 spiro atoms. The third kappa shape index (κ3) is 3.77. The number of amides is 1. The molecule has 1 N–H and O–H groups in total. The standard InChI is InChI=1S/C17H21N3O3/c1-11-9-12(2)20(18-11)13(3)17(23)19(4)10-16(22)14-5-7-15(21)8-6-14/h5-9,13,21H,10H2,1-4H3/t13-/m0/s1. The van der Waals surface area contributed by atoms with Crippen LogP contribution in [0.3, 0.4) is 0 Å². The quantitative estimate of drug-likeness (QED) is 0.857. The van der Waals surface area contributed by atoms with Crippen molar-refractivity contribution in [3.8, 4) is 5.75 Å². The van der Waals surface area contributed by atoms with Gasteiger partial charge in [-0.3, -0.25) is 14.3 Å². The van der Waals surface area contributed by atoms with E-state index in [0.29, 0.717) is 5.56 Å². The normalized spacial score (nSPS) is 12.0. The molecule has 1 heterocycles. The van der Waals surface area contributed by atoms with E-state index in [1.165, 1.54) is 17.0 Å². The predicted octanol–water partition coefficient (Wildman–Crippen LogP) is 2.11. The number of rotatable bonds is 5. The zero-order chi connectivity index (χ0) is 17.1. The number of nitrogens with zero attached hydrogens (tertiary/aromatic N) is 3. The van der Waals surface area contributed by atoms with Crippen LogP contribution in [0.4, 0.5) is 0 Å². The summed E-state index contributed by atoms with van der Waals surface area (Å²) in [5.41, 5.74) is 2.22. The monoisotopic (exact) mass is 315 g/mol. The van der Waals surface area contributed by atoms with Gasteiger partial charge in [-0.15, -0.1) is 0 Å². The number of aromatic nitrogens is 2. The van der Waals surface area contributed by atoms with Gasteiger partial charge < -0.3 is 10.0 Å². The van der Waals surface area contributed by atoms with Crippen molar-refractivity contribution in [3.05, 3.63) is 47.3 Å². The van der Waals surface area contributed by atoms with Gasteiger partial charge in [0.25, 0.3) is 0 Å². The van der Waals surface area contributed by atoms with Crippen LogP contribution >= 0.6 is 0 Å². The second-order valence-corrected chi connectivity index (χ2v) is 5.71. The molecule has 122 valence electrons. The van der Waals surface area contributed by atoms with Crippen molar-refractivity contribution in [1.82, 2.24) is 14.7 Å². The Labute approximate surface area is 135 Å². The number of hydrogen-bond acceptors (Lipinski definition) is 4. The third-order valence-corrected chi connectivity index (χ3v) is 3.72. The lowest BCUT2D eigenvalue weighted by Gasteiger charge is -2.22. The molecule has 1 aromatic carbocycles. The molecule has 6 nitrogen and oxygen atoms in total. The maximum Gasteiger partial charge on any atom is 0.247 e. The number of hydrogen-bond donors (Lipinski definition) is 1. The Morgan fingerprint density at radius 3 is 2.39 bits per heavy atom. The smallest absolute Gasteiger partial charge is 0.247 e. The largest absolute Gasteiger partial charge is 0.508 e. The molecule has 0 radical (unpaired) electrons. The number of phenols is 1. The Hall–Kier alpha value is -2.63. The van der Waals surface area contributed by atoms with Crippen molar-refractivity contribution in [2.45, 2.75) is 26.8 Å². The summed E-state index contributed by atoms with van der Waals surface area (Å²) in [6, 6.07) is 7.43. The molecule has 23 heavy (non-hydrogen) atoms. The Morgan fingerprint density at radius 2 is 1.87 bits per heavy atom. The molecule has 0 bridgehead atoms. The van der Waals surface area contributed by atoms with Crippen molar-refractivity contribution in [2.24, 2.45) is 0 Å². The highest BCUT2D eigenvalue weighted by atomic mass is 16.3. The van der Waals surface area contributed by atoms with Crippen LogP contribution < -0.4 is 0 Å². The number of phenolic OH excluding ortho intramolecular Hbond substituents is 1. The first-order valence-corrected chi connectivity index (χ1v) is 7.39. The highest BCUT2D eigenvalue weighted by molar-refractivity contribution is 5.99. The van der Waals surface area contributed by atoms with Crippen LogP contribution in [0.15, 0.2) is 30.3 Å². The molecular weight excluding hydrogens is 294 g/mol. The number of Topliss-reactive ketones (excluding diaryl/α,β-unsaturated/α-hetero) is 1. The maximum atomic E-state index is 12.5. The highest BCUT2D eigenvalue weighted by Gasteiger charge is 2.23. The van der Waals surface area contributed by atoms with E-state index in [-0.39, 0.29) is 24.0 Å². The van der Waals surface area contributed by atoms with E-state index >= 15 is 0 Å². The Morgan fingerprint density at radius 1 is 1.26 bits per heavy atom. The van der Waals surface area contributed by atoms with Gasteiger partial charge in [-0.1, -0.05) is 0 Å². The van der Waals surface area contributed by atoms with Gasteiger partial charge in [0.15, 0.2) is 5.78 Å². The predicted molar refractivity (Wildman–Crippen MR) is 86.5 cm³/mol. The van der Waals surface area contributed by atoms with E-state index in [1.807, 2.05) is 19.9 Å². The summed E-state index contributed by atoms with van der Waals surface area (Å²) in [7, 11) is 1.60. The average molecular weight is 315 g/mol. The number of likely N-dealkylation sites (N-methyl/N-ethyl adjacent to an activating group) is 1. The van der Waals surface area contributed by atoms with E-state index in [0.717, 1.165) is 11.4 Å². The second-order valence-electron chi connectivity index (χ2n) is 5.71. The van der Waals surface area contributed by atoms with Gasteiger partial charge in [0, 0.05) is 18.3 Å². The number of aromatic hydroxyl groups is 1. The number of carbonyl (C=O) groups excluding carboxylic acids is 2. The number of carbonyl (C=O) groups is 2. The van der Waals surface area contributed by atoms with Crippen molar-refractivity contribution in [1.29, 1.82) is 0 Å². The van der Waals surface area contributed by atoms with Crippen LogP contribution in [0.1, 0.15) is 34.7 Å². The molecule has 0 unspecified atom stereocenters. The lowest BCUT2D eigenvalue weighted by molar-refractivity contribution is -0.132. The van der Waals surface area contributed by atoms with Crippen LogP contribution in [-0.4, -0.2) is 45.1 Å². The van der Waals surface area contributed by atoms with Crippen LogP contribution in [0.5, 0.6) is 5.75 Å². The molecule has 0 saturated carbocycles. The molecule has 2 rings (SSSR count). The topological polar surface area (TPSA) is 75.4 Å². The fourth-order valence-electron chi connectivity index (χ4n) is 2.49. The molecule has 1 atom stereocenters. The van der Waals surface area contributed by atoms with Crippen LogP contribution in [0.25, 0.3) is 0 Å². The van der Waals surface area contributed by atoms with E-state index in [9.17, 15) is 14.7 Å². The van der Waals surface area contributed by atoms with Gasteiger partial charge in [-0.05, 0) is 51.1 Å². The lowest BCUT2D eigenvalue weighted by atomic mass is 10.1. The summed E-state index contributed by atoms with van der Waals surface area (Å²) in [6.45, 7) is 5.51. The van der Waals surface area contributed by atoms with Gasteiger partial charge in [-0.2, -0.15) is 5.10 Å². The Bertz CT molecular complexity index is 719. The van der Waals surface area contributed by atoms with Crippen LogP contribution in [0, 0.1) is 13.8 Å². The van der Waals surface area contributed by atoms with E-state index in [4.69, 9.17) is 0 Å². The number of aryl methyl sites for hydroxylation is 2. The molecular formula is C17H21N3O3. The highest BCUT2D eigenvalue weighted by Crippen LogP contribution is 2.14. The molecule has 6 heteroatoms. The van der Waals surface area contributed by atoms with Gasteiger partial charge >= 0.3 is 0 Å². The maximum absolute atomic E-state index is 12.5. The minimum Gasteiger partial charge on any atom is -0.508 e. The fourth-order valence-corrected chi connectivity index (χ4v) is 2.49. The average Bonchev–Trinajstić information content (AvgIpc) is 2.84. The molecule has 0 aliphatic carbocycles. The molecule has 2 aromatic rings. The molecule has 0 saturated heterocycles.